The summed E-state index contributed by atoms with van der Waals surface area (Å²) in [4.78, 5) is 2.61. The van der Waals surface area contributed by atoms with E-state index in [9.17, 15) is 0 Å². The Balaban J connectivity index is 1.69. The second-order valence-corrected chi connectivity index (χ2v) is 4.41. The van der Waals surface area contributed by atoms with Gasteiger partial charge < -0.3 is 5.32 Å². The number of rotatable bonds is 2. The van der Waals surface area contributed by atoms with Gasteiger partial charge in [0.2, 0.25) is 0 Å². The number of hydrogen-bond acceptors (Lipinski definition) is 2. The van der Waals surface area contributed by atoms with E-state index in [2.05, 4.69) is 40.5 Å². The molecule has 2 aliphatic heterocycles. The molecule has 2 nitrogen and oxygen atoms in total. The summed E-state index contributed by atoms with van der Waals surface area (Å²) in [6.07, 6.45) is 1.35. The summed E-state index contributed by atoms with van der Waals surface area (Å²) in [5.74, 6) is 0. The van der Waals surface area contributed by atoms with Crippen LogP contribution in [0.25, 0.3) is 0 Å². The molecular weight excluding hydrogens is 172 g/mol. The van der Waals surface area contributed by atoms with Crippen LogP contribution in [0.4, 0.5) is 0 Å². The van der Waals surface area contributed by atoms with Crippen molar-refractivity contribution in [2.45, 2.75) is 25.0 Å². The van der Waals surface area contributed by atoms with Crippen molar-refractivity contribution in [1.29, 1.82) is 0 Å². The molecule has 74 valence electrons. The fourth-order valence-corrected chi connectivity index (χ4v) is 2.66. The normalized spacial score (nSPS) is 31.1. The summed E-state index contributed by atoms with van der Waals surface area (Å²) in [7, 11) is 0. The maximum Gasteiger partial charge on any atom is 0.0240 e. The molecular formula is C12H16N2. The molecule has 0 amide bonds. The van der Waals surface area contributed by atoms with E-state index in [1.165, 1.54) is 25.1 Å². The van der Waals surface area contributed by atoms with Gasteiger partial charge in [0.25, 0.3) is 0 Å². The topological polar surface area (TPSA) is 15.3 Å². The van der Waals surface area contributed by atoms with Crippen LogP contribution in [0.2, 0.25) is 0 Å². The fourth-order valence-electron chi connectivity index (χ4n) is 2.66. The molecule has 1 aromatic carbocycles. The molecule has 14 heavy (non-hydrogen) atoms. The maximum atomic E-state index is 3.53. The minimum Gasteiger partial charge on any atom is -0.311 e. The third-order valence-corrected chi connectivity index (χ3v) is 3.40. The van der Waals surface area contributed by atoms with E-state index in [0.717, 1.165) is 18.6 Å². The summed E-state index contributed by atoms with van der Waals surface area (Å²) in [5.41, 5.74) is 1.44. The predicted octanol–water partition coefficient (Wildman–Crippen LogP) is 1.23. The number of benzene rings is 1. The van der Waals surface area contributed by atoms with Crippen molar-refractivity contribution in [3.8, 4) is 0 Å². The molecule has 2 aliphatic rings. The summed E-state index contributed by atoms with van der Waals surface area (Å²) in [6.45, 7) is 3.56. The highest BCUT2D eigenvalue weighted by atomic mass is 15.3. The van der Waals surface area contributed by atoms with E-state index in [4.69, 9.17) is 0 Å². The molecule has 2 saturated heterocycles. The lowest BCUT2D eigenvalue weighted by atomic mass is 10.2. The zero-order valence-electron chi connectivity index (χ0n) is 8.32. The molecule has 0 aliphatic carbocycles. The van der Waals surface area contributed by atoms with E-state index in [0.29, 0.717) is 0 Å². The minimum absolute atomic E-state index is 0.767. The first-order valence-electron chi connectivity index (χ1n) is 5.43. The van der Waals surface area contributed by atoms with E-state index >= 15 is 0 Å². The van der Waals surface area contributed by atoms with E-state index in [-0.39, 0.29) is 0 Å². The molecule has 1 N–H and O–H groups in total. The quantitative estimate of drug-likeness (QED) is 0.751. The van der Waals surface area contributed by atoms with Gasteiger partial charge in [-0.2, -0.15) is 0 Å². The van der Waals surface area contributed by atoms with Crippen molar-refractivity contribution in [1.82, 2.24) is 10.2 Å². The van der Waals surface area contributed by atoms with Crippen molar-refractivity contribution in [2.75, 3.05) is 13.1 Å². The zero-order chi connectivity index (χ0) is 9.38. The highest BCUT2D eigenvalue weighted by Crippen LogP contribution is 2.24. The van der Waals surface area contributed by atoms with Crippen molar-refractivity contribution in [2.24, 2.45) is 0 Å². The largest absolute Gasteiger partial charge is 0.311 e. The molecule has 2 atom stereocenters. The number of likely N-dealkylation sites (tertiary alicyclic amines) is 1. The van der Waals surface area contributed by atoms with Crippen LogP contribution >= 0.6 is 0 Å². The van der Waals surface area contributed by atoms with Crippen LogP contribution < -0.4 is 5.32 Å². The highest BCUT2D eigenvalue weighted by Gasteiger charge is 2.36. The summed E-state index contributed by atoms with van der Waals surface area (Å²) < 4.78 is 0. The molecule has 3 rings (SSSR count). The first-order chi connectivity index (χ1) is 6.92. The average Bonchev–Trinajstić information content (AvgIpc) is 2.81. The molecule has 2 fully saturated rings. The standard InChI is InChI=1S/C12H16N2/c1-2-4-10(5-3-1)8-14-9-11-6-12(14)7-13-11/h1-5,11-13H,6-9H2/t11?,12-/m0/s1. The smallest absolute Gasteiger partial charge is 0.0240 e. The van der Waals surface area contributed by atoms with Gasteiger partial charge >= 0.3 is 0 Å². The van der Waals surface area contributed by atoms with Crippen LogP contribution in [0.1, 0.15) is 12.0 Å². The Morgan fingerprint density at radius 3 is 2.79 bits per heavy atom. The number of piperazine rings is 1. The van der Waals surface area contributed by atoms with Crippen LogP contribution in [0.3, 0.4) is 0 Å². The number of hydrogen-bond donors (Lipinski definition) is 1. The average molecular weight is 188 g/mol. The first kappa shape index (κ1) is 8.45. The molecule has 0 saturated carbocycles. The van der Waals surface area contributed by atoms with Gasteiger partial charge in [0, 0.05) is 31.7 Å². The maximum absolute atomic E-state index is 3.53. The second kappa shape index (κ2) is 3.37. The molecule has 2 heteroatoms. The minimum atomic E-state index is 0.767. The summed E-state index contributed by atoms with van der Waals surface area (Å²) in [5, 5.41) is 3.53. The molecule has 1 aromatic rings. The van der Waals surface area contributed by atoms with Gasteiger partial charge in [-0.25, -0.2) is 0 Å². The third kappa shape index (κ3) is 1.45. The molecule has 0 spiro atoms. The van der Waals surface area contributed by atoms with Gasteiger partial charge in [0.1, 0.15) is 0 Å². The first-order valence-corrected chi connectivity index (χ1v) is 5.43. The van der Waals surface area contributed by atoms with Gasteiger partial charge in [-0.1, -0.05) is 30.3 Å². The lowest BCUT2D eigenvalue weighted by Crippen LogP contribution is -2.42. The Morgan fingerprint density at radius 2 is 2.14 bits per heavy atom. The van der Waals surface area contributed by atoms with Gasteiger partial charge in [0.15, 0.2) is 0 Å². The van der Waals surface area contributed by atoms with Gasteiger partial charge in [-0.15, -0.1) is 0 Å². The van der Waals surface area contributed by atoms with Crippen LogP contribution in [0, 0.1) is 0 Å². The summed E-state index contributed by atoms with van der Waals surface area (Å²) in [6, 6.07) is 12.3. The lowest BCUT2D eigenvalue weighted by Gasteiger charge is -2.27. The van der Waals surface area contributed by atoms with Crippen molar-refractivity contribution >= 4 is 0 Å². The van der Waals surface area contributed by atoms with Crippen LogP contribution in [0.15, 0.2) is 30.3 Å². The molecule has 1 unspecified atom stereocenters. The summed E-state index contributed by atoms with van der Waals surface area (Å²) >= 11 is 0. The Morgan fingerprint density at radius 1 is 1.29 bits per heavy atom. The Hall–Kier alpha value is -0.860. The van der Waals surface area contributed by atoms with E-state index < -0.39 is 0 Å². The Kier molecular flexibility index (Phi) is 2.03. The van der Waals surface area contributed by atoms with Crippen molar-refractivity contribution in [3.05, 3.63) is 35.9 Å². The number of nitrogens with zero attached hydrogens (tertiary/aromatic N) is 1. The van der Waals surface area contributed by atoms with Crippen LogP contribution in [0.5, 0.6) is 0 Å². The predicted molar refractivity (Wildman–Crippen MR) is 57.0 cm³/mol. The zero-order valence-corrected chi connectivity index (χ0v) is 8.32. The van der Waals surface area contributed by atoms with Crippen LogP contribution in [-0.2, 0) is 6.54 Å². The molecule has 2 bridgehead atoms. The van der Waals surface area contributed by atoms with E-state index in [1.807, 2.05) is 0 Å². The molecule has 0 aromatic heterocycles. The van der Waals surface area contributed by atoms with Gasteiger partial charge in [-0.3, -0.25) is 4.90 Å². The SMILES string of the molecule is c1ccc(CN2CC3C[C@H]2CN3)cc1. The number of nitrogens with one attached hydrogen (secondary N) is 1. The number of fused-ring (bicyclic) bond motifs is 2. The van der Waals surface area contributed by atoms with Gasteiger partial charge in [-0.05, 0) is 12.0 Å². The van der Waals surface area contributed by atoms with Crippen molar-refractivity contribution < 1.29 is 0 Å². The fraction of sp³-hybridized carbons (Fsp3) is 0.500. The molecule has 2 heterocycles. The van der Waals surface area contributed by atoms with Gasteiger partial charge in [0.05, 0.1) is 0 Å². The Labute approximate surface area is 84.9 Å². The van der Waals surface area contributed by atoms with Crippen LogP contribution in [-0.4, -0.2) is 30.1 Å². The second-order valence-electron chi connectivity index (χ2n) is 4.41. The lowest BCUT2D eigenvalue weighted by molar-refractivity contribution is 0.218. The third-order valence-electron chi connectivity index (χ3n) is 3.40. The highest BCUT2D eigenvalue weighted by molar-refractivity contribution is 5.15. The van der Waals surface area contributed by atoms with E-state index in [1.54, 1.807) is 0 Å². The molecule has 0 radical (unpaired) electrons. The monoisotopic (exact) mass is 188 g/mol. The Bertz CT molecular complexity index is 309. The van der Waals surface area contributed by atoms with Crippen molar-refractivity contribution in [3.63, 3.8) is 0 Å².